The van der Waals surface area contributed by atoms with Gasteiger partial charge >= 0.3 is 0 Å². The number of carbonyl (C=O) groups is 1. The molecule has 1 amide bonds. The molecule has 0 bridgehead atoms. The first kappa shape index (κ1) is 36.5. The lowest BCUT2D eigenvalue weighted by atomic mass is 9.93. The summed E-state index contributed by atoms with van der Waals surface area (Å²) in [6.45, 7) is 1.46. The topological polar surface area (TPSA) is 164 Å². The molecule has 0 saturated heterocycles. The van der Waals surface area contributed by atoms with Crippen molar-refractivity contribution in [2.75, 3.05) is 13.2 Å². The van der Waals surface area contributed by atoms with Crippen molar-refractivity contribution in [2.45, 2.75) is 100 Å². The maximum atomic E-state index is 12.3. The summed E-state index contributed by atoms with van der Waals surface area (Å²) in [6.07, 6.45) is 2.98. The Morgan fingerprint density at radius 3 is 2.46 bits per heavy atom. The van der Waals surface area contributed by atoms with E-state index in [4.69, 9.17) is 33.0 Å². The van der Waals surface area contributed by atoms with Crippen molar-refractivity contribution in [3.8, 4) is 16.9 Å². The molecule has 10 nitrogen and oxygen atoms in total. The molecule has 3 aromatic rings. The van der Waals surface area contributed by atoms with Crippen LogP contribution >= 0.6 is 23.2 Å². The number of para-hydroxylation sites is 1. The van der Waals surface area contributed by atoms with E-state index in [0.717, 1.165) is 59.3 Å². The second-order valence-electron chi connectivity index (χ2n) is 13.0. The van der Waals surface area contributed by atoms with Crippen molar-refractivity contribution in [1.29, 1.82) is 0 Å². The molecule has 2 aliphatic rings. The SMILES string of the molecule is CC(CCCC(=O)NC[C@H](O)[C@@H](O)[C@H](O)[C@H](O)CO)c1cc(Cl)c(CNC2(c3cnccc3-c3ccccc3OC3CC3)CC2)cc1Cl. The maximum absolute atomic E-state index is 12.3. The van der Waals surface area contributed by atoms with Gasteiger partial charge in [-0.25, -0.2) is 0 Å². The van der Waals surface area contributed by atoms with Crippen molar-refractivity contribution >= 4 is 29.1 Å². The highest BCUT2D eigenvalue weighted by Gasteiger charge is 2.46. The van der Waals surface area contributed by atoms with Crippen LogP contribution in [0.1, 0.15) is 74.5 Å². The second kappa shape index (κ2) is 16.3. The van der Waals surface area contributed by atoms with Gasteiger partial charge in [0.1, 0.15) is 24.1 Å². The molecule has 1 unspecified atom stereocenters. The number of halogens is 2. The molecule has 1 heterocycles. The number of hydrogen-bond donors (Lipinski definition) is 7. The molecule has 2 fully saturated rings. The maximum Gasteiger partial charge on any atom is 0.220 e. The van der Waals surface area contributed by atoms with Crippen molar-refractivity contribution in [3.63, 3.8) is 0 Å². The third-order valence-corrected chi connectivity index (χ3v) is 9.95. The van der Waals surface area contributed by atoms with Gasteiger partial charge in [0.05, 0.1) is 18.8 Å². The molecule has 48 heavy (non-hydrogen) atoms. The monoisotopic (exact) mass is 701 g/mol. The summed E-state index contributed by atoms with van der Waals surface area (Å²) < 4.78 is 6.24. The van der Waals surface area contributed by atoms with Crippen LogP contribution in [0, 0.1) is 0 Å². The number of carbonyl (C=O) groups excluding carboxylic acids is 1. The molecule has 0 spiro atoms. The number of hydrogen-bond acceptors (Lipinski definition) is 9. The van der Waals surface area contributed by atoms with E-state index in [1.807, 2.05) is 49.6 Å². The zero-order valence-corrected chi connectivity index (χ0v) is 28.5. The van der Waals surface area contributed by atoms with E-state index in [2.05, 4.69) is 27.8 Å². The van der Waals surface area contributed by atoms with E-state index in [0.29, 0.717) is 35.5 Å². The van der Waals surface area contributed by atoms with Gasteiger partial charge in [0.2, 0.25) is 5.91 Å². The van der Waals surface area contributed by atoms with E-state index in [1.54, 1.807) is 0 Å². The number of amides is 1. The summed E-state index contributed by atoms with van der Waals surface area (Å²) in [7, 11) is 0. The molecule has 5 atom stereocenters. The lowest BCUT2D eigenvalue weighted by molar-refractivity contribution is -0.126. The summed E-state index contributed by atoms with van der Waals surface area (Å²) in [5.41, 5.74) is 4.87. The predicted molar refractivity (Wildman–Crippen MR) is 184 cm³/mol. The van der Waals surface area contributed by atoms with E-state index in [9.17, 15) is 25.2 Å². The van der Waals surface area contributed by atoms with E-state index < -0.39 is 31.0 Å². The third kappa shape index (κ3) is 9.05. The largest absolute Gasteiger partial charge is 0.490 e. The normalized spacial score (nSPS) is 18.4. The summed E-state index contributed by atoms with van der Waals surface area (Å²) in [5.74, 6) is 0.591. The van der Waals surface area contributed by atoms with Crippen molar-refractivity contribution in [1.82, 2.24) is 15.6 Å². The minimum absolute atomic E-state index is 0.0259. The quantitative estimate of drug-likeness (QED) is 0.103. The molecular weight excluding hydrogens is 657 g/mol. The Balaban J connectivity index is 1.15. The molecule has 0 aliphatic heterocycles. The number of pyridine rings is 1. The van der Waals surface area contributed by atoms with Gasteiger partial charge in [-0.05, 0) is 91.0 Å². The average Bonchev–Trinajstić information content (AvgIpc) is 4.04. The number of rotatable bonds is 18. The van der Waals surface area contributed by atoms with Crippen LogP contribution in [0.25, 0.3) is 11.1 Å². The Morgan fingerprint density at radius 2 is 1.75 bits per heavy atom. The van der Waals surface area contributed by atoms with Crippen LogP contribution < -0.4 is 15.4 Å². The average molecular weight is 703 g/mol. The summed E-state index contributed by atoms with van der Waals surface area (Å²) in [6, 6.07) is 14.0. The van der Waals surface area contributed by atoms with Crippen LogP contribution in [0.2, 0.25) is 10.0 Å². The van der Waals surface area contributed by atoms with Gasteiger partial charge in [-0.1, -0.05) is 48.3 Å². The van der Waals surface area contributed by atoms with Crippen molar-refractivity contribution in [3.05, 3.63) is 81.6 Å². The highest BCUT2D eigenvalue weighted by molar-refractivity contribution is 6.34. The molecule has 2 saturated carbocycles. The lowest BCUT2D eigenvalue weighted by Crippen LogP contribution is -2.49. The van der Waals surface area contributed by atoms with Gasteiger partial charge < -0.3 is 40.9 Å². The minimum Gasteiger partial charge on any atom is -0.490 e. The van der Waals surface area contributed by atoms with Crippen LogP contribution in [0.15, 0.2) is 54.9 Å². The van der Waals surface area contributed by atoms with Crippen LogP contribution in [0.4, 0.5) is 0 Å². The molecule has 0 radical (unpaired) electrons. The molecule has 2 aromatic carbocycles. The summed E-state index contributed by atoms with van der Waals surface area (Å²) in [5, 5.41) is 55.4. The van der Waals surface area contributed by atoms with Gasteiger partial charge in [0, 0.05) is 53.1 Å². The highest BCUT2D eigenvalue weighted by Crippen LogP contribution is 2.50. The summed E-state index contributed by atoms with van der Waals surface area (Å²) in [4.78, 5) is 16.8. The van der Waals surface area contributed by atoms with Gasteiger partial charge in [0.15, 0.2) is 0 Å². The molecule has 1 aromatic heterocycles. The fourth-order valence-corrected chi connectivity index (χ4v) is 6.54. The molecule has 5 rings (SSSR count). The number of ether oxygens (including phenoxy) is 1. The Bertz CT molecular complexity index is 1550. The fraction of sp³-hybridized carbons (Fsp3) is 0.500. The number of benzene rings is 2. The number of aliphatic hydroxyl groups excluding tert-OH is 5. The molecular formula is C36H45Cl2N3O7. The number of nitrogens with one attached hydrogen (secondary N) is 2. The molecule has 7 N–H and O–H groups in total. The van der Waals surface area contributed by atoms with E-state index >= 15 is 0 Å². The molecule has 2 aliphatic carbocycles. The Kier molecular flexibility index (Phi) is 12.4. The van der Waals surface area contributed by atoms with Crippen LogP contribution in [0.5, 0.6) is 5.75 Å². The first-order valence-electron chi connectivity index (χ1n) is 16.6. The lowest BCUT2D eigenvalue weighted by Gasteiger charge is -2.25. The van der Waals surface area contributed by atoms with Gasteiger partial charge in [0.25, 0.3) is 0 Å². The Morgan fingerprint density at radius 1 is 1.02 bits per heavy atom. The number of aliphatic hydroxyl groups is 5. The first-order chi connectivity index (χ1) is 23.0. The van der Waals surface area contributed by atoms with Crippen LogP contribution in [-0.2, 0) is 16.9 Å². The smallest absolute Gasteiger partial charge is 0.220 e. The summed E-state index contributed by atoms with van der Waals surface area (Å²) >= 11 is 13.6. The van der Waals surface area contributed by atoms with Crippen LogP contribution in [0.3, 0.4) is 0 Å². The highest BCUT2D eigenvalue weighted by atomic mass is 35.5. The number of nitrogens with zero attached hydrogens (tertiary/aromatic N) is 1. The Labute approximate surface area is 291 Å². The zero-order chi connectivity index (χ0) is 34.4. The molecule has 12 heteroatoms. The number of aromatic nitrogens is 1. The standard InChI is InChI=1S/C36H45Cl2N3O7/c1-21(5-4-8-33(45)40-19-30(43)34(46)35(47)31(44)20-42)26-16-28(37)22(15-29(26)38)17-41-36(12-13-36)27-18-39-14-11-24(27)25-6-2-3-7-32(25)48-23-9-10-23/h2-3,6-7,11,14-16,18,21,23,30-31,34-35,41-44,46-47H,4-5,8-10,12-13,17,19-20H2,1H3,(H,40,45)/t21?,30-,31+,34+,35+/m0/s1. The first-order valence-corrected chi connectivity index (χ1v) is 17.3. The van der Waals surface area contributed by atoms with Gasteiger partial charge in [-0.3, -0.25) is 9.78 Å². The zero-order valence-electron chi connectivity index (χ0n) is 27.0. The van der Waals surface area contributed by atoms with Gasteiger partial charge in [-0.2, -0.15) is 0 Å². The van der Waals surface area contributed by atoms with Gasteiger partial charge in [-0.15, -0.1) is 0 Å². The Hall–Kier alpha value is -2.80. The second-order valence-corrected chi connectivity index (χ2v) is 13.8. The van der Waals surface area contributed by atoms with E-state index in [-0.39, 0.29) is 30.3 Å². The van der Waals surface area contributed by atoms with Crippen molar-refractivity contribution in [2.24, 2.45) is 0 Å². The molecule has 260 valence electrons. The van der Waals surface area contributed by atoms with Crippen LogP contribution in [-0.4, -0.2) is 80.1 Å². The van der Waals surface area contributed by atoms with Crippen molar-refractivity contribution < 1.29 is 35.1 Å². The van der Waals surface area contributed by atoms with E-state index in [1.165, 1.54) is 0 Å². The minimum atomic E-state index is -1.75. The fourth-order valence-electron chi connectivity index (χ4n) is 5.93. The predicted octanol–water partition coefficient (Wildman–Crippen LogP) is 4.20. The third-order valence-electron chi connectivity index (χ3n) is 9.27.